The van der Waals surface area contributed by atoms with Crippen molar-refractivity contribution >= 4 is 39.0 Å². The summed E-state index contributed by atoms with van der Waals surface area (Å²) in [7, 11) is -2.09. The van der Waals surface area contributed by atoms with Gasteiger partial charge in [0.05, 0.1) is 23.4 Å². The van der Waals surface area contributed by atoms with Gasteiger partial charge in [-0.05, 0) is 36.5 Å². The first-order valence-electron chi connectivity index (χ1n) is 8.71. The van der Waals surface area contributed by atoms with Crippen LogP contribution >= 0.6 is 12.2 Å². The number of benzene rings is 2. The first-order chi connectivity index (χ1) is 13.9. The van der Waals surface area contributed by atoms with Crippen LogP contribution in [0.15, 0.2) is 65.7 Å². The number of thiocarbonyl (C=S) groups is 1. The molecule has 0 saturated carbocycles. The highest BCUT2D eigenvalue weighted by Gasteiger charge is 2.16. The molecule has 0 fully saturated rings. The number of nitrogens with two attached hydrogens (primary N) is 1. The van der Waals surface area contributed by atoms with Gasteiger partial charge < -0.3 is 15.8 Å². The topological polar surface area (TPSA) is 111 Å². The average Bonchev–Trinajstić information content (AvgIpc) is 3.13. The lowest BCUT2D eigenvalue weighted by Crippen LogP contribution is -2.27. The number of ether oxygens (including phenoxy) is 1. The molecule has 152 valence electrons. The number of nitrogens with zero attached hydrogens (tertiary/aromatic N) is 2. The fraction of sp³-hybridized carbons (Fsp3) is 0.158. The zero-order chi connectivity index (χ0) is 20.9. The Labute approximate surface area is 174 Å². The van der Waals surface area contributed by atoms with E-state index >= 15 is 0 Å². The van der Waals surface area contributed by atoms with Crippen LogP contribution in [0.25, 0.3) is 11.3 Å². The van der Waals surface area contributed by atoms with Crippen molar-refractivity contribution < 1.29 is 13.2 Å². The van der Waals surface area contributed by atoms with Crippen LogP contribution in [0.1, 0.15) is 0 Å². The summed E-state index contributed by atoms with van der Waals surface area (Å²) in [6.45, 7) is 0.497. The third-order valence-electron chi connectivity index (χ3n) is 4.07. The first kappa shape index (κ1) is 20.9. The number of sulfonamides is 1. The SMILES string of the molecule is COCCNS(=O)(=O)c1ccc(Nc2ncc(-c3ccccc3)n2C(N)=S)cc1. The molecule has 0 aliphatic carbocycles. The van der Waals surface area contributed by atoms with Crippen LogP contribution in [0.4, 0.5) is 11.6 Å². The summed E-state index contributed by atoms with van der Waals surface area (Å²) in [6.07, 6.45) is 1.68. The van der Waals surface area contributed by atoms with Crippen LogP contribution in [0.2, 0.25) is 0 Å². The number of methoxy groups -OCH3 is 1. The van der Waals surface area contributed by atoms with Crippen molar-refractivity contribution in [3.8, 4) is 11.3 Å². The Kier molecular flexibility index (Phi) is 6.60. The molecule has 10 heteroatoms. The molecule has 0 radical (unpaired) electrons. The number of aromatic nitrogens is 2. The lowest BCUT2D eigenvalue weighted by Gasteiger charge is -2.12. The van der Waals surface area contributed by atoms with Crippen molar-refractivity contribution in [3.63, 3.8) is 0 Å². The Morgan fingerprint density at radius 2 is 1.86 bits per heavy atom. The van der Waals surface area contributed by atoms with E-state index in [1.807, 2.05) is 30.3 Å². The third kappa shape index (κ3) is 4.98. The van der Waals surface area contributed by atoms with Crippen LogP contribution in [-0.2, 0) is 14.8 Å². The zero-order valence-corrected chi connectivity index (χ0v) is 17.3. The Bertz CT molecular complexity index is 1080. The third-order valence-corrected chi connectivity index (χ3v) is 5.73. The molecule has 0 saturated heterocycles. The van der Waals surface area contributed by atoms with E-state index < -0.39 is 10.0 Å². The molecule has 3 aromatic rings. The monoisotopic (exact) mass is 431 g/mol. The molecule has 3 rings (SSSR count). The first-order valence-corrected chi connectivity index (χ1v) is 10.6. The maximum absolute atomic E-state index is 12.2. The van der Waals surface area contributed by atoms with Crippen molar-refractivity contribution in [3.05, 3.63) is 60.8 Å². The summed E-state index contributed by atoms with van der Waals surface area (Å²) >= 11 is 5.19. The number of anilines is 2. The summed E-state index contributed by atoms with van der Waals surface area (Å²) in [5.41, 5.74) is 8.22. The average molecular weight is 432 g/mol. The van der Waals surface area contributed by atoms with E-state index in [2.05, 4.69) is 15.0 Å². The summed E-state index contributed by atoms with van der Waals surface area (Å²) < 4.78 is 33.4. The van der Waals surface area contributed by atoms with E-state index in [4.69, 9.17) is 22.7 Å². The van der Waals surface area contributed by atoms with Gasteiger partial charge in [0.1, 0.15) is 0 Å². The van der Waals surface area contributed by atoms with E-state index in [0.29, 0.717) is 18.2 Å². The van der Waals surface area contributed by atoms with E-state index in [1.54, 1.807) is 22.9 Å². The van der Waals surface area contributed by atoms with Crippen LogP contribution in [0, 0.1) is 0 Å². The predicted molar refractivity (Wildman–Crippen MR) is 117 cm³/mol. The lowest BCUT2D eigenvalue weighted by molar-refractivity contribution is 0.204. The Hall–Kier alpha value is -2.79. The molecule has 0 unspecified atom stereocenters. The minimum absolute atomic E-state index is 0.144. The predicted octanol–water partition coefficient (Wildman–Crippen LogP) is 2.31. The molecule has 0 atom stereocenters. The number of hydrogen-bond acceptors (Lipinski definition) is 6. The molecule has 1 aromatic heterocycles. The van der Waals surface area contributed by atoms with Crippen molar-refractivity contribution in [1.82, 2.24) is 14.3 Å². The van der Waals surface area contributed by atoms with Gasteiger partial charge in [-0.1, -0.05) is 30.3 Å². The molecule has 1 heterocycles. The quantitative estimate of drug-likeness (QED) is 0.371. The van der Waals surface area contributed by atoms with Crippen LogP contribution in [0.5, 0.6) is 0 Å². The Morgan fingerprint density at radius 3 is 2.48 bits per heavy atom. The smallest absolute Gasteiger partial charge is 0.240 e. The highest BCUT2D eigenvalue weighted by molar-refractivity contribution is 7.89. The molecule has 0 aliphatic heterocycles. The van der Waals surface area contributed by atoms with Gasteiger partial charge in [-0.2, -0.15) is 0 Å². The molecular formula is C19H21N5O3S2. The fourth-order valence-electron chi connectivity index (χ4n) is 2.68. The number of nitrogens with one attached hydrogen (secondary N) is 2. The maximum Gasteiger partial charge on any atom is 0.240 e. The highest BCUT2D eigenvalue weighted by Crippen LogP contribution is 2.25. The normalized spacial score (nSPS) is 11.3. The second-order valence-corrected chi connectivity index (χ2v) is 8.23. The Balaban J connectivity index is 1.82. The second-order valence-electron chi connectivity index (χ2n) is 6.05. The highest BCUT2D eigenvalue weighted by atomic mass is 32.2. The van der Waals surface area contributed by atoms with E-state index in [-0.39, 0.29) is 16.6 Å². The fourth-order valence-corrected chi connectivity index (χ4v) is 3.88. The van der Waals surface area contributed by atoms with Crippen LogP contribution in [-0.4, -0.2) is 43.3 Å². The lowest BCUT2D eigenvalue weighted by atomic mass is 10.2. The van der Waals surface area contributed by atoms with Gasteiger partial charge in [0.2, 0.25) is 16.0 Å². The van der Waals surface area contributed by atoms with Crippen molar-refractivity contribution in [1.29, 1.82) is 0 Å². The largest absolute Gasteiger partial charge is 0.383 e. The van der Waals surface area contributed by atoms with Crippen molar-refractivity contribution in [2.75, 3.05) is 25.6 Å². The van der Waals surface area contributed by atoms with Gasteiger partial charge in [0.25, 0.3) is 0 Å². The van der Waals surface area contributed by atoms with Gasteiger partial charge in [-0.15, -0.1) is 0 Å². The van der Waals surface area contributed by atoms with Gasteiger partial charge in [0, 0.05) is 24.9 Å². The number of rotatable bonds is 8. The molecule has 8 nitrogen and oxygen atoms in total. The minimum Gasteiger partial charge on any atom is -0.383 e. The van der Waals surface area contributed by atoms with Crippen molar-refractivity contribution in [2.45, 2.75) is 4.90 Å². The van der Waals surface area contributed by atoms with Gasteiger partial charge in [0.15, 0.2) is 5.11 Å². The number of hydrogen-bond donors (Lipinski definition) is 3. The molecule has 4 N–H and O–H groups in total. The molecule has 0 aliphatic rings. The molecule has 2 aromatic carbocycles. The van der Waals surface area contributed by atoms with E-state index in [9.17, 15) is 8.42 Å². The summed E-state index contributed by atoms with van der Waals surface area (Å²) in [5, 5.41) is 3.27. The van der Waals surface area contributed by atoms with Crippen molar-refractivity contribution in [2.24, 2.45) is 5.73 Å². The Morgan fingerprint density at radius 1 is 1.17 bits per heavy atom. The van der Waals surface area contributed by atoms with Gasteiger partial charge >= 0.3 is 0 Å². The molecule has 29 heavy (non-hydrogen) atoms. The van der Waals surface area contributed by atoms with Gasteiger partial charge in [-0.25, -0.2) is 18.1 Å². The van der Waals surface area contributed by atoms with Crippen LogP contribution < -0.4 is 15.8 Å². The molecule has 0 amide bonds. The summed E-state index contributed by atoms with van der Waals surface area (Å²) in [4.78, 5) is 4.52. The standard InChI is InChI=1S/C19H21N5O3S2/c1-27-12-11-22-29(25,26)16-9-7-15(8-10-16)23-19-21-13-17(24(19)18(20)28)14-5-3-2-4-6-14/h2-10,13,22H,11-12H2,1H3,(H2,20,28)(H,21,23). The molecule has 0 spiro atoms. The number of imidazole rings is 1. The van der Waals surface area contributed by atoms with E-state index in [0.717, 1.165) is 11.3 Å². The minimum atomic E-state index is -3.60. The maximum atomic E-state index is 12.2. The zero-order valence-electron chi connectivity index (χ0n) is 15.7. The molecule has 0 bridgehead atoms. The second kappa shape index (κ2) is 9.14. The van der Waals surface area contributed by atoms with E-state index in [1.165, 1.54) is 19.2 Å². The summed E-state index contributed by atoms with van der Waals surface area (Å²) in [5.74, 6) is 0.435. The molecular weight excluding hydrogens is 410 g/mol. The van der Waals surface area contributed by atoms with Gasteiger partial charge in [-0.3, -0.25) is 4.57 Å². The summed E-state index contributed by atoms with van der Waals surface area (Å²) in [6, 6.07) is 15.9. The van der Waals surface area contributed by atoms with Crippen LogP contribution in [0.3, 0.4) is 0 Å².